The number of fused-ring (bicyclic) bond motifs is 2. The molecule has 0 N–H and O–H groups in total. The van der Waals surface area contributed by atoms with Gasteiger partial charge in [-0.2, -0.15) is 10.1 Å². The zero-order valence-electron chi connectivity index (χ0n) is 17.2. The summed E-state index contributed by atoms with van der Waals surface area (Å²) < 4.78 is 21.2. The Morgan fingerprint density at radius 2 is 1.88 bits per heavy atom. The number of aromatic nitrogens is 2. The normalized spacial score (nSPS) is 20.6. The van der Waals surface area contributed by atoms with E-state index in [1.54, 1.807) is 49.6 Å². The Morgan fingerprint density at radius 1 is 1.06 bits per heavy atom. The van der Waals surface area contributed by atoms with Crippen LogP contribution in [0.15, 0.2) is 57.3 Å². The van der Waals surface area contributed by atoms with E-state index in [1.807, 2.05) is 0 Å². The highest BCUT2D eigenvalue weighted by atomic mass is 16.7. The quantitative estimate of drug-likeness (QED) is 0.537. The average molecular weight is 448 g/mol. The molecule has 0 saturated carbocycles. The number of carbonyl (C=O) groups excluding carboxylic acids is 2. The van der Waals surface area contributed by atoms with Crippen LogP contribution in [0, 0.1) is 0 Å². The lowest BCUT2D eigenvalue weighted by atomic mass is 10.1. The number of methoxy groups -OCH3 is 1. The summed E-state index contributed by atoms with van der Waals surface area (Å²) in [6.07, 6.45) is 0. The van der Waals surface area contributed by atoms with Crippen molar-refractivity contribution < 1.29 is 28.3 Å². The first-order valence-corrected chi connectivity index (χ1v) is 10.0. The zero-order chi connectivity index (χ0) is 22.5. The van der Waals surface area contributed by atoms with Crippen LogP contribution in [-0.4, -0.2) is 53.0 Å². The van der Waals surface area contributed by atoms with Gasteiger partial charge in [-0.25, -0.2) is 4.90 Å². The van der Waals surface area contributed by atoms with Gasteiger partial charge in [-0.15, -0.1) is 0 Å². The number of benzene rings is 2. The van der Waals surface area contributed by atoms with Gasteiger partial charge >= 0.3 is 0 Å². The van der Waals surface area contributed by atoms with Crippen LogP contribution in [0.5, 0.6) is 17.2 Å². The fourth-order valence-electron chi connectivity index (χ4n) is 3.95. The lowest BCUT2D eigenvalue weighted by molar-refractivity contribution is -0.123. The lowest BCUT2D eigenvalue weighted by Crippen LogP contribution is -2.39. The van der Waals surface area contributed by atoms with Gasteiger partial charge in [-0.05, 0) is 42.5 Å². The maximum atomic E-state index is 13.1. The summed E-state index contributed by atoms with van der Waals surface area (Å²) in [6.45, 7) is 0.191. The number of anilines is 1. The van der Waals surface area contributed by atoms with E-state index < -0.39 is 23.9 Å². The Bertz CT molecular complexity index is 1290. The third kappa shape index (κ3) is 3.06. The molecule has 12 heteroatoms. The molecule has 3 aliphatic rings. The number of carbonyl (C=O) groups is 2. The Hall–Kier alpha value is -4.48. The summed E-state index contributed by atoms with van der Waals surface area (Å²) >= 11 is 0. The standard InChI is InChI=1S/C21H16N6O6/c1-30-13-5-3-12(4-6-13)27-20(28)17-18(21(27)29)26(25-23-17)9-16-22-19(24-33-16)11-2-7-14-15(8-11)32-10-31-14/h2-8,17-18H,9-10H2,1H3/t17-,18-/m1/s1. The van der Waals surface area contributed by atoms with Gasteiger partial charge in [0, 0.05) is 5.56 Å². The Kier molecular flexibility index (Phi) is 4.25. The minimum atomic E-state index is -0.921. The molecule has 2 aromatic carbocycles. The third-order valence-corrected chi connectivity index (χ3v) is 5.58. The van der Waals surface area contributed by atoms with Crippen LogP contribution in [0.4, 0.5) is 5.69 Å². The first kappa shape index (κ1) is 19.2. The van der Waals surface area contributed by atoms with Gasteiger partial charge < -0.3 is 18.7 Å². The molecule has 3 aliphatic heterocycles. The summed E-state index contributed by atoms with van der Waals surface area (Å²) in [4.78, 5) is 31.5. The molecule has 12 nitrogen and oxygen atoms in total. The second-order valence-corrected chi connectivity index (χ2v) is 7.48. The van der Waals surface area contributed by atoms with Gasteiger partial charge in [-0.3, -0.25) is 14.6 Å². The van der Waals surface area contributed by atoms with Crippen molar-refractivity contribution in [3.8, 4) is 28.6 Å². The van der Waals surface area contributed by atoms with Gasteiger partial charge in [0.05, 0.1) is 12.8 Å². The molecule has 4 heterocycles. The van der Waals surface area contributed by atoms with Crippen molar-refractivity contribution in [1.29, 1.82) is 0 Å². The van der Waals surface area contributed by atoms with E-state index in [2.05, 4.69) is 20.5 Å². The van der Waals surface area contributed by atoms with Crippen molar-refractivity contribution in [3.05, 3.63) is 48.4 Å². The second kappa shape index (κ2) is 7.29. The van der Waals surface area contributed by atoms with Gasteiger partial charge in [0.2, 0.25) is 18.5 Å². The molecule has 2 amide bonds. The summed E-state index contributed by atoms with van der Waals surface area (Å²) in [5, 5.41) is 13.4. The van der Waals surface area contributed by atoms with Crippen LogP contribution in [-0.2, 0) is 16.1 Å². The molecule has 0 spiro atoms. The fourth-order valence-corrected chi connectivity index (χ4v) is 3.95. The Morgan fingerprint density at radius 3 is 2.70 bits per heavy atom. The number of rotatable bonds is 5. The Balaban J connectivity index is 1.21. The number of amides is 2. The van der Waals surface area contributed by atoms with E-state index >= 15 is 0 Å². The fraction of sp³-hybridized carbons (Fsp3) is 0.238. The smallest absolute Gasteiger partial charge is 0.263 e. The van der Waals surface area contributed by atoms with Crippen molar-refractivity contribution in [2.24, 2.45) is 10.3 Å². The van der Waals surface area contributed by atoms with Crippen molar-refractivity contribution in [2.45, 2.75) is 18.6 Å². The van der Waals surface area contributed by atoms with Crippen molar-refractivity contribution in [2.75, 3.05) is 18.8 Å². The van der Waals surface area contributed by atoms with Gasteiger partial charge in [0.15, 0.2) is 23.6 Å². The third-order valence-electron chi connectivity index (χ3n) is 5.58. The summed E-state index contributed by atoms with van der Waals surface area (Å²) in [5.74, 6) is 1.59. The molecule has 0 bridgehead atoms. The maximum Gasteiger partial charge on any atom is 0.263 e. The summed E-state index contributed by atoms with van der Waals surface area (Å²) in [5.41, 5.74) is 1.13. The highest BCUT2D eigenvalue weighted by Gasteiger charge is 2.55. The highest BCUT2D eigenvalue weighted by molar-refractivity contribution is 6.25. The number of hydrogen-bond donors (Lipinski definition) is 0. The Labute approximate surface area is 186 Å². The molecule has 0 aliphatic carbocycles. The maximum absolute atomic E-state index is 13.1. The molecule has 3 aromatic rings. The molecule has 1 aromatic heterocycles. The summed E-state index contributed by atoms with van der Waals surface area (Å²) in [7, 11) is 1.54. The van der Waals surface area contributed by atoms with Gasteiger partial charge in [0.25, 0.3) is 11.8 Å². The van der Waals surface area contributed by atoms with Crippen LogP contribution in [0.25, 0.3) is 11.4 Å². The first-order chi connectivity index (χ1) is 16.1. The molecule has 6 rings (SSSR count). The van der Waals surface area contributed by atoms with Crippen molar-refractivity contribution >= 4 is 17.5 Å². The molecule has 166 valence electrons. The zero-order valence-corrected chi connectivity index (χ0v) is 17.2. The van der Waals surface area contributed by atoms with Crippen LogP contribution in [0.3, 0.4) is 0 Å². The van der Waals surface area contributed by atoms with Gasteiger partial charge in [-0.1, -0.05) is 10.4 Å². The SMILES string of the molecule is COc1ccc(N2C(=O)[C@@H]3N=NN(Cc4nc(-c5ccc6c(c5)OCO6)no4)[C@H]3C2=O)cc1. The summed E-state index contributed by atoms with van der Waals surface area (Å²) in [6, 6.07) is 10.2. The van der Waals surface area contributed by atoms with E-state index in [-0.39, 0.29) is 19.2 Å². The number of nitrogens with zero attached hydrogens (tertiary/aromatic N) is 6. The second-order valence-electron chi connectivity index (χ2n) is 7.48. The minimum absolute atomic E-state index is 0.0255. The van der Waals surface area contributed by atoms with Crippen LogP contribution in [0.2, 0.25) is 0 Å². The van der Waals surface area contributed by atoms with Crippen LogP contribution >= 0.6 is 0 Å². The van der Waals surface area contributed by atoms with Gasteiger partial charge in [0.1, 0.15) is 12.3 Å². The topological polar surface area (TPSA) is 132 Å². The largest absolute Gasteiger partial charge is 0.497 e. The molecule has 33 heavy (non-hydrogen) atoms. The minimum Gasteiger partial charge on any atom is -0.497 e. The molecule has 1 saturated heterocycles. The average Bonchev–Trinajstić information content (AvgIpc) is 3.61. The number of ether oxygens (including phenoxy) is 3. The number of imide groups is 1. The van der Waals surface area contributed by atoms with E-state index in [1.165, 1.54) is 5.01 Å². The van der Waals surface area contributed by atoms with Crippen molar-refractivity contribution in [1.82, 2.24) is 15.1 Å². The molecule has 1 fully saturated rings. The van der Waals surface area contributed by atoms with Crippen LogP contribution in [0.1, 0.15) is 5.89 Å². The van der Waals surface area contributed by atoms with E-state index in [0.717, 1.165) is 4.90 Å². The molecular weight excluding hydrogens is 432 g/mol. The lowest BCUT2D eigenvalue weighted by Gasteiger charge is -2.19. The van der Waals surface area contributed by atoms with E-state index in [4.69, 9.17) is 18.7 Å². The van der Waals surface area contributed by atoms with Crippen LogP contribution < -0.4 is 19.1 Å². The molecule has 2 atom stereocenters. The first-order valence-electron chi connectivity index (χ1n) is 10.0. The van der Waals surface area contributed by atoms with E-state index in [9.17, 15) is 9.59 Å². The molecular formula is C21H16N6O6. The van der Waals surface area contributed by atoms with Crippen molar-refractivity contribution in [3.63, 3.8) is 0 Å². The highest BCUT2D eigenvalue weighted by Crippen LogP contribution is 2.36. The monoisotopic (exact) mass is 448 g/mol. The van der Waals surface area contributed by atoms with E-state index in [0.29, 0.717) is 34.3 Å². The predicted octanol–water partition coefficient (Wildman–Crippen LogP) is 1.97. The predicted molar refractivity (Wildman–Crippen MR) is 109 cm³/mol. The number of hydrogen-bond acceptors (Lipinski definition) is 11. The molecule has 0 unspecified atom stereocenters. The molecule has 0 radical (unpaired) electrons.